The average Bonchev–Trinajstić information content (AvgIpc) is 3.56. The number of furan rings is 1. The van der Waals surface area contributed by atoms with E-state index >= 15 is 0 Å². The first-order chi connectivity index (χ1) is 17.1. The summed E-state index contributed by atoms with van der Waals surface area (Å²) in [4.78, 5) is 30.7. The highest BCUT2D eigenvalue weighted by atomic mass is 32.1. The van der Waals surface area contributed by atoms with Crippen LogP contribution in [0.4, 0.5) is 4.39 Å². The van der Waals surface area contributed by atoms with Crippen molar-refractivity contribution in [1.82, 2.24) is 30.4 Å². The van der Waals surface area contributed by atoms with Crippen LogP contribution in [-0.2, 0) is 22.7 Å². The zero-order chi connectivity index (χ0) is 25.9. The number of benzene rings is 1. The molecular formula is C25H27FN6O3S. The molecule has 36 heavy (non-hydrogen) atoms. The van der Waals surface area contributed by atoms with Gasteiger partial charge in [0.05, 0.1) is 6.54 Å². The SMILES string of the molecule is Cc1ccc(-c2nnn(CC(=O)N(Cc3cccs3)[C@@H](C(=O)NC(C)(C)C)c3ccc(F)cc3)n2)o1. The number of aryl methyl sites for hydroxylation is 1. The van der Waals surface area contributed by atoms with Crippen molar-refractivity contribution >= 4 is 23.2 Å². The number of rotatable bonds is 8. The van der Waals surface area contributed by atoms with Crippen LogP contribution in [0.15, 0.2) is 58.3 Å². The molecule has 4 rings (SSSR count). The third-order valence-corrected chi connectivity index (χ3v) is 6.02. The fourth-order valence-corrected chi connectivity index (χ4v) is 4.33. The summed E-state index contributed by atoms with van der Waals surface area (Å²) in [5, 5.41) is 17.1. The van der Waals surface area contributed by atoms with Crippen molar-refractivity contribution in [3.8, 4) is 11.6 Å². The molecule has 0 spiro atoms. The number of hydrogen-bond acceptors (Lipinski definition) is 7. The lowest BCUT2D eigenvalue weighted by molar-refractivity contribution is -0.143. The Morgan fingerprint density at radius 3 is 2.53 bits per heavy atom. The van der Waals surface area contributed by atoms with Gasteiger partial charge in [-0.25, -0.2) is 4.39 Å². The molecule has 3 aromatic heterocycles. The maximum Gasteiger partial charge on any atom is 0.247 e. The summed E-state index contributed by atoms with van der Waals surface area (Å²) in [5.74, 6) is 0.180. The van der Waals surface area contributed by atoms with Crippen molar-refractivity contribution < 1.29 is 18.4 Å². The zero-order valence-electron chi connectivity index (χ0n) is 20.4. The maximum atomic E-state index is 13.7. The van der Waals surface area contributed by atoms with Gasteiger partial charge in [-0.2, -0.15) is 4.80 Å². The van der Waals surface area contributed by atoms with Gasteiger partial charge in [-0.3, -0.25) is 9.59 Å². The minimum atomic E-state index is -1.00. The lowest BCUT2D eigenvalue weighted by Gasteiger charge is -2.33. The highest BCUT2D eigenvalue weighted by Crippen LogP contribution is 2.27. The minimum Gasteiger partial charge on any atom is -0.458 e. The molecule has 0 bridgehead atoms. The van der Waals surface area contributed by atoms with Gasteiger partial charge in [0.1, 0.15) is 24.2 Å². The second kappa shape index (κ2) is 10.4. The summed E-state index contributed by atoms with van der Waals surface area (Å²) in [7, 11) is 0. The van der Waals surface area contributed by atoms with Crippen LogP contribution < -0.4 is 5.32 Å². The maximum absolute atomic E-state index is 13.7. The van der Waals surface area contributed by atoms with Gasteiger partial charge in [0.2, 0.25) is 17.6 Å². The third kappa shape index (κ3) is 6.22. The first-order valence-corrected chi connectivity index (χ1v) is 12.2. The quantitative estimate of drug-likeness (QED) is 0.382. The number of aromatic nitrogens is 4. The summed E-state index contributed by atoms with van der Waals surface area (Å²) < 4.78 is 19.2. The lowest BCUT2D eigenvalue weighted by atomic mass is 10.0. The van der Waals surface area contributed by atoms with Gasteiger partial charge in [-0.1, -0.05) is 18.2 Å². The number of carbonyl (C=O) groups is 2. The number of hydrogen-bond donors (Lipinski definition) is 1. The largest absolute Gasteiger partial charge is 0.458 e. The Labute approximate surface area is 211 Å². The van der Waals surface area contributed by atoms with Gasteiger partial charge in [0.25, 0.3) is 0 Å². The van der Waals surface area contributed by atoms with E-state index in [2.05, 4.69) is 20.7 Å². The van der Waals surface area contributed by atoms with E-state index in [0.29, 0.717) is 17.1 Å². The van der Waals surface area contributed by atoms with E-state index < -0.39 is 23.3 Å². The molecule has 0 saturated heterocycles. The molecule has 0 fully saturated rings. The van der Waals surface area contributed by atoms with Crippen molar-refractivity contribution in [2.75, 3.05) is 0 Å². The Bertz CT molecular complexity index is 1320. The zero-order valence-corrected chi connectivity index (χ0v) is 21.3. The van der Waals surface area contributed by atoms with E-state index in [0.717, 1.165) is 4.88 Å². The minimum absolute atomic E-state index is 0.176. The summed E-state index contributed by atoms with van der Waals surface area (Å²) in [6, 6.07) is 11.8. The average molecular weight is 511 g/mol. The Hall–Kier alpha value is -3.86. The predicted octanol–water partition coefficient (Wildman–Crippen LogP) is 4.13. The number of nitrogens with zero attached hydrogens (tertiary/aromatic N) is 5. The highest BCUT2D eigenvalue weighted by molar-refractivity contribution is 7.09. The molecule has 4 aromatic rings. The molecule has 0 aliphatic carbocycles. The summed E-state index contributed by atoms with van der Waals surface area (Å²) >= 11 is 1.47. The second-order valence-electron chi connectivity index (χ2n) is 9.35. The van der Waals surface area contributed by atoms with E-state index in [1.54, 1.807) is 19.1 Å². The van der Waals surface area contributed by atoms with E-state index in [-0.39, 0.29) is 24.8 Å². The molecule has 9 nitrogen and oxygen atoms in total. The van der Waals surface area contributed by atoms with E-state index in [1.807, 2.05) is 38.3 Å². The standard InChI is InChI=1S/C25H27FN6O3S/c1-16-7-12-20(35-16)23-28-30-32(29-23)15-21(33)31(14-19-6-5-13-36-19)22(24(34)27-25(2,3)4)17-8-10-18(26)11-9-17/h5-13,22H,14-15H2,1-4H3,(H,27,34)/t22-/m1/s1. The van der Waals surface area contributed by atoms with Crippen LogP contribution in [0.3, 0.4) is 0 Å². The van der Waals surface area contributed by atoms with Crippen LogP contribution in [0.2, 0.25) is 0 Å². The van der Waals surface area contributed by atoms with Gasteiger partial charge < -0.3 is 14.6 Å². The topological polar surface area (TPSA) is 106 Å². The van der Waals surface area contributed by atoms with Gasteiger partial charge in [-0.15, -0.1) is 21.5 Å². The van der Waals surface area contributed by atoms with Crippen LogP contribution in [0.5, 0.6) is 0 Å². The van der Waals surface area contributed by atoms with Crippen LogP contribution in [0.25, 0.3) is 11.6 Å². The Morgan fingerprint density at radius 1 is 1.17 bits per heavy atom. The van der Waals surface area contributed by atoms with Crippen molar-refractivity contribution in [3.63, 3.8) is 0 Å². The van der Waals surface area contributed by atoms with Gasteiger partial charge >= 0.3 is 0 Å². The molecule has 3 heterocycles. The summed E-state index contributed by atoms with van der Waals surface area (Å²) in [5.41, 5.74) is -0.0577. The first kappa shape index (κ1) is 25.2. The van der Waals surface area contributed by atoms with Crippen LogP contribution in [0.1, 0.15) is 43.0 Å². The Balaban J connectivity index is 1.67. The summed E-state index contributed by atoms with van der Waals surface area (Å²) in [6.45, 7) is 7.30. The second-order valence-corrected chi connectivity index (χ2v) is 10.4. The molecule has 1 aromatic carbocycles. The van der Waals surface area contributed by atoms with Crippen LogP contribution >= 0.6 is 11.3 Å². The number of thiophene rings is 1. The molecule has 188 valence electrons. The van der Waals surface area contributed by atoms with Gasteiger partial charge in [0, 0.05) is 10.4 Å². The monoisotopic (exact) mass is 510 g/mol. The molecule has 0 aliphatic rings. The molecule has 1 atom stereocenters. The molecule has 2 amide bonds. The van der Waals surface area contributed by atoms with Crippen molar-refractivity contribution in [1.29, 1.82) is 0 Å². The fourth-order valence-electron chi connectivity index (χ4n) is 3.63. The molecule has 0 aliphatic heterocycles. The number of halogens is 1. The molecule has 1 N–H and O–H groups in total. The van der Waals surface area contributed by atoms with Crippen molar-refractivity contribution in [2.45, 2.75) is 52.4 Å². The van der Waals surface area contributed by atoms with E-state index in [9.17, 15) is 14.0 Å². The van der Waals surface area contributed by atoms with Crippen LogP contribution in [0, 0.1) is 12.7 Å². The number of tetrazole rings is 1. The first-order valence-electron chi connectivity index (χ1n) is 11.3. The molecule has 0 unspecified atom stereocenters. The number of nitrogens with one attached hydrogen (secondary N) is 1. The Morgan fingerprint density at radius 2 is 1.92 bits per heavy atom. The molecular weight excluding hydrogens is 483 g/mol. The molecule has 0 saturated carbocycles. The van der Waals surface area contributed by atoms with E-state index in [4.69, 9.17) is 4.42 Å². The molecule has 0 radical (unpaired) electrons. The summed E-state index contributed by atoms with van der Waals surface area (Å²) in [6.07, 6.45) is 0. The fraction of sp³-hybridized carbons (Fsp3) is 0.320. The normalized spacial score (nSPS) is 12.4. The predicted molar refractivity (Wildman–Crippen MR) is 132 cm³/mol. The van der Waals surface area contributed by atoms with Gasteiger partial charge in [0.15, 0.2) is 5.76 Å². The Kier molecular flexibility index (Phi) is 7.30. The van der Waals surface area contributed by atoms with Gasteiger partial charge in [-0.05, 0) is 74.2 Å². The van der Waals surface area contributed by atoms with Crippen molar-refractivity contribution in [2.24, 2.45) is 0 Å². The molecule has 11 heteroatoms. The third-order valence-electron chi connectivity index (χ3n) is 5.16. The number of amides is 2. The van der Waals surface area contributed by atoms with Crippen molar-refractivity contribution in [3.05, 3.63) is 75.9 Å². The smallest absolute Gasteiger partial charge is 0.247 e. The number of carbonyl (C=O) groups excluding carboxylic acids is 2. The van der Waals surface area contributed by atoms with E-state index in [1.165, 1.54) is 45.3 Å². The van der Waals surface area contributed by atoms with Crippen LogP contribution in [-0.4, -0.2) is 42.5 Å². The highest BCUT2D eigenvalue weighted by Gasteiger charge is 2.34. The lowest BCUT2D eigenvalue weighted by Crippen LogP contribution is -2.49.